The van der Waals surface area contributed by atoms with Gasteiger partial charge in [0.05, 0.1) is 5.57 Å². The number of benzene rings is 4. The van der Waals surface area contributed by atoms with E-state index in [1.807, 2.05) is 86.6 Å². The van der Waals surface area contributed by atoms with Crippen molar-refractivity contribution in [2.24, 2.45) is 0 Å². The zero-order chi connectivity index (χ0) is 30.6. The highest BCUT2D eigenvalue weighted by molar-refractivity contribution is 7.98. The van der Waals surface area contributed by atoms with Crippen molar-refractivity contribution in [3.63, 3.8) is 0 Å². The molecule has 7 nitrogen and oxygen atoms in total. The standard InChI is InChI=1S/C34H29Cl2N5O2S/c1-21-8-6-12-27(16-21)38-32(42)30-22(2)37-33-39-34(44-20-23-9-4-3-5-10-23)40-41(33)31(30)24-11-7-13-28(17-24)43-19-25-14-15-26(35)18-29(25)36/h3-18,31H,19-20H2,1-2H3,(H,38,42)(H,37,39,40). The Balaban J connectivity index is 1.33. The molecule has 0 aliphatic carbocycles. The molecule has 44 heavy (non-hydrogen) atoms. The zero-order valence-electron chi connectivity index (χ0n) is 24.1. The molecule has 1 aliphatic rings. The van der Waals surface area contributed by atoms with Crippen molar-refractivity contribution in [2.75, 3.05) is 10.6 Å². The van der Waals surface area contributed by atoms with Crippen LogP contribution < -0.4 is 15.4 Å². The summed E-state index contributed by atoms with van der Waals surface area (Å²) >= 11 is 14.0. The highest BCUT2D eigenvalue weighted by Gasteiger charge is 2.34. The van der Waals surface area contributed by atoms with Crippen LogP contribution in [0.15, 0.2) is 113 Å². The number of thioether (sulfide) groups is 1. The third kappa shape index (κ3) is 6.78. The first-order chi connectivity index (χ1) is 21.3. The van der Waals surface area contributed by atoms with Crippen molar-refractivity contribution in [3.05, 3.63) is 141 Å². The number of anilines is 2. The second-order valence-electron chi connectivity index (χ2n) is 10.4. The second kappa shape index (κ2) is 13.2. The molecule has 1 aliphatic heterocycles. The largest absolute Gasteiger partial charge is 0.489 e. The number of aryl methyl sites for hydroxylation is 1. The minimum absolute atomic E-state index is 0.232. The number of aromatic nitrogens is 3. The van der Waals surface area contributed by atoms with Gasteiger partial charge in [-0.2, -0.15) is 4.98 Å². The SMILES string of the molecule is CC1=C(C(=O)Nc2cccc(C)c2)C(c2cccc(OCc3ccc(Cl)cc3Cl)c2)n2nc(SCc3ccccc3)nc2N1. The molecule has 2 N–H and O–H groups in total. The molecule has 0 saturated carbocycles. The Hall–Kier alpha value is -4.24. The van der Waals surface area contributed by atoms with Gasteiger partial charge in [-0.05, 0) is 66.9 Å². The fourth-order valence-corrected chi connectivity index (χ4v) is 6.26. The fourth-order valence-electron chi connectivity index (χ4n) is 5.01. The Morgan fingerprint density at radius 2 is 1.80 bits per heavy atom. The predicted molar refractivity (Wildman–Crippen MR) is 178 cm³/mol. The summed E-state index contributed by atoms with van der Waals surface area (Å²) in [5.74, 6) is 1.68. The Labute approximate surface area is 270 Å². The summed E-state index contributed by atoms with van der Waals surface area (Å²) < 4.78 is 7.93. The van der Waals surface area contributed by atoms with Gasteiger partial charge < -0.3 is 15.4 Å². The van der Waals surface area contributed by atoms with E-state index in [-0.39, 0.29) is 12.5 Å². The molecule has 6 rings (SSSR count). The topological polar surface area (TPSA) is 81.1 Å². The molecule has 5 aromatic rings. The summed E-state index contributed by atoms with van der Waals surface area (Å²) in [4.78, 5) is 18.7. The quantitative estimate of drug-likeness (QED) is 0.157. The average Bonchev–Trinajstić information content (AvgIpc) is 3.42. The highest BCUT2D eigenvalue weighted by Crippen LogP contribution is 2.38. The summed E-state index contributed by atoms with van der Waals surface area (Å²) in [5.41, 5.74) is 5.81. The molecule has 0 radical (unpaired) electrons. The third-order valence-electron chi connectivity index (χ3n) is 7.15. The van der Waals surface area contributed by atoms with Gasteiger partial charge >= 0.3 is 0 Å². The van der Waals surface area contributed by atoms with Crippen LogP contribution in [0.2, 0.25) is 10.0 Å². The van der Waals surface area contributed by atoms with E-state index in [1.54, 1.807) is 28.6 Å². The van der Waals surface area contributed by atoms with Gasteiger partial charge in [-0.25, -0.2) is 4.68 Å². The first-order valence-electron chi connectivity index (χ1n) is 14.0. The van der Waals surface area contributed by atoms with Crippen LogP contribution in [0.4, 0.5) is 11.6 Å². The monoisotopic (exact) mass is 641 g/mol. The molecule has 2 heterocycles. The van der Waals surface area contributed by atoms with E-state index in [4.69, 9.17) is 38.0 Å². The van der Waals surface area contributed by atoms with Gasteiger partial charge in [0.2, 0.25) is 11.1 Å². The van der Waals surface area contributed by atoms with E-state index in [2.05, 4.69) is 22.8 Å². The average molecular weight is 643 g/mol. The number of hydrogen-bond donors (Lipinski definition) is 2. The number of ether oxygens (including phenoxy) is 1. The van der Waals surface area contributed by atoms with Gasteiger partial charge in [0.1, 0.15) is 18.4 Å². The molecule has 10 heteroatoms. The molecule has 1 unspecified atom stereocenters. The lowest BCUT2D eigenvalue weighted by Crippen LogP contribution is -2.31. The lowest BCUT2D eigenvalue weighted by molar-refractivity contribution is -0.113. The minimum Gasteiger partial charge on any atom is -0.489 e. The van der Waals surface area contributed by atoms with Gasteiger partial charge in [0, 0.05) is 32.7 Å². The van der Waals surface area contributed by atoms with E-state index in [9.17, 15) is 4.79 Å². The summed E-state index contributed by atoms with van der Waals surface area (Å²) in [7, 11) is 0. The number of nitrogens with zero attached hydrogens (tertiary/aromatic N) is 3. The van der Waals surface area contributed by atoms with Gasteiger partial charge in [-0.3, -0.25) is 4.79 Å². The summed E-state index contributed by atoms with van der Waals surface area (Å²) in [6.45, 7) is 4.14. The van der Waals surface area contributed by atoms with Gasteiger partial charge in [-0.15, -0.1) is 5.10 Å². The lowest BCUT2D eigenvalue weighted by atomic mass is 9.94. The van der Waals surface area contributed by atoms with E-state index in [0.29, 0.717) is 38.2 Å². The number of carbonyl (C=O) groups is 1. The minimum atomic E-state index is -0.558. The molecule has 0 saturated heterocycles. The molecule has 222 valence electrons. The Morgan fingerprint density at radius 3 is 2.59 bits per heavy atom. The molecular weight excluding hydrogens is 613 g/mol. The van der Waals surface area contributed by atoms with Crippen molar-refractivity contribution in [3.8, 4) is 5.75 Å². The number of rotatable bonds is 9. The molecule has 0 spiro atoms. The molecule has 1 aromatic heterocycles. The maximum atomic E-state index is 13.9. The normalized spacial score (nSPS) is 14.1. The van der Waals surface area contributed by atoms with Gasteiger partial charge in [0.25, 0.3) is 5.91 Å². The molecule has 1 atom stereocenters. The van der Waals surface area contributed by atoms with E-state index in [0.717, 1.165) is 28.1 Å². The first-order valence-corrected chi connectivity index (χ1v) is 15.7. The second-order valence-corrected chi connectivity index (χ2v) is 12.2. The maximum Gasteiger partial charge on any atom is 0.255 e. The van der Waals surface area contributed by atoms with Gasteiger partial charge in [-0.1, -0.05) is 95.6 Å². The lowest BCUT2D eigenvalue weighted by Gasteiger charge is -2.29. The van der Waals surface area contributed by atoms with Crippen LogP contribution in [0.1, 0.15) is 35.2 Å². The van der Waals surface area contributed by atoms with Crippen molar-refractivity contribution in [1.82, 2.24) is 14.8 Å². The third-order valence-corrected chi connectivity index (χ3v) is 8.64. The number of nitrogens with one attached hydrogen (secondary N) is 2. The fraction of sp³-hybridized carbons (Fsp3) is 0.147. The van der Waals surface area contributed by atoms with Crippen LogP contribution in [0.3, 0.4) is 0 Å². The number of carbonyl (C=O) groups excluding carboxylic acids is 1. The van der Waals surface area contributed by atoms with Crippen molar-refractivity contribution in [2.45, 2.75) is 37.4 Å². The van der Waals surface area contributed by atoms with Crippen LogP contribution in [0, 0.1) is 6.92 Å². The maximum absolute atomic E-state index is 13.9. The molecule has 0 fully saturated rings. The summed E-state index contributed by atoms with van der Waals surface area (Å²) in [6, 6.07) is 30.3. The highest BCUT2D eigenvalue weighted by atomic mass is 35.5. The van der Waals surface area contributed by atoms with Crippen molar-refractivity contribution >= 4 is 52.5 Å². The van der Waals surface area contributed by atoms with Crippen LogP contribution in [0.5, 0.6) is 5.75 Å². The van der Waals surface area contributed by atoms with E-state index < -0.39 is 6.04 Å². The van der Waals surface area contributed by atoms with Gasteiger partial charge in [0.15, 0.2) is 0 Å². The van der Waals surface area contributed by atoms with Crippen molar-refractivity contribution < 1.29 is 9.53 Å². The first kappa shape index (κ1) is 29.8. The number of amides is 1. The van der Waals surface area contributed by atoms with Crippen molar-refractivity contribution in [1.29, 1.82) is 0 Å². The molecule has 1 amide bonds. The molecule has 0 bridgehead atoms. The predicted octanol–water partition coefficient (Wildman–Crippen LogP) is 8.69. The number of halogens is 2. The zero-order valence-corrected chi connectivity index (χ0v) is 26.4. The smallest absolute Gasteiger partial charge is 0.255 e. The van der Waals surface area contributed by atoms with Crippen LogP contribution in [-0.2, 0) is 17.2 Å². The summed E-state index contributed by atoms with van der Waals surface area (Å²) in [6.07, 6.45) is 0. The van der Waals surface area contributed by atoms with E-state index in [1.165, 1.54) is 5.56 Å². The molecular formula is C34H29Cl2N5O2S. The van der Waals surface area contributed by atoms with E-state index >= 15 is 0 Å². The Morgan fingerprint density at radius 1 is 0.977 bits per heavy atom. The number of hydrogen-bond acceptors (Lipinski definition) is 6. The number of fused-ring (bicyclic) bond motifs is 1. The van der Waals surface area contributed by atoms with Crippen LogP contribution in [-0.4, -0.2) is 20.7 Å². The van der Waals surface area contributed by atoms with Crippen LogP contribution in [0.25, 0.3) is 0 Å². The Bertz CT molecular complexity index is 1860. The summed E-state index contributed by atoms with van der Waals surface area (Å²) in [5, 5.41) is 13.0. The Kier molecular flexibility index (Phi) is 8.93. The molecule has 4 aromatic carbocycles. The van der Waals surface area contributed by atoms with Crippen LogP contribution >= 0.6 is 35.0 Å². The number of allylic oxidation sites excluding steroid dienone is 1.